The Bertz CT molecular complexity index is 539. The van der Waals surface area contributed by atoms with E-state index in [1.807, 2.05) is 13.0 Å². The Labute approximate surface area is 102 Å². The number of hydrogen-bond acceptors (Lipinski definition) is 2. The Kier molecular flexibility index (Phi) is 3.01. The van der Waals surface area contributed by atoms with Gasteiger partial charge in [0.05, 0.1) is 11.2 Å². The van der Waals surface area contributed by atoms with Crippen LogP contribution in [0.3, 0.4) is 0 Å². The van der Waals surface area contributed by atoms with Crippen LogP contribution in [0.5, 0.6) is 5.75 Å². The quantitative estimate of drug-likeness (QED) is 0.756. The first kappa shape index (κ1) is 11.8. The van der Waals surface area contributed by atoms with Crippen molar-refractivity contribution in [3.8, 4) is 5.75 Å². The molecule has 0 bridgehead atoms. The molecule has 3 nitrogen and oxygen atoms in total. The minimum absolute atomic E-state index is 0.281. The molecular weight excluding hydrogens is 212 g/mol. The lowest BCUT2D eigenvalue weighted by molar-refractivity contribution is 0.479. The number of aromatic amines is 1. The zero-order chi connectivity index (χ0) is 12.6. The van der Waals surface area contributed by atoms with Crippen LogP contribution in [-0.2, 0) is 0 Å². The van der Waals surface area contributed by atoms with Crippen molar-refractivity contribution in [1.29, 1.82) is 0 Å². The smallest absolute Gasteiger partial charge is 0.139 e. The third kappa shape index (κ3) is 1.75. The number of fused-ring (bicyclic) bond motifs is 1. The van der Waals surface area contributed by atoms with Gasteiger partial charge >= 0.3 is 0 Å². The number of nitrogens with two attached hydrogens (primary N) is 1. The van der Waals surface area contributed by atoms with E-state index in [9.17, 15) is 5.11 Å². The number of nitrogens with one attached hydrogen (secondary N) is 1. The average Bonchev–Trinajstić information content (AvgIpc) is 2.67. The van der Waals surface area contributed by atoms with E-state index in [0.717, 1.165) is 35.0 Å². The normalized spacial score (nSPS) is 11.5. The van der Waals surface area contributed by atoms with Crippen molar-refractivity contribution in [1.82, 2.24) is 4.98 Å². The van der Waals surface area contributed by atoms with Crippen LogP contribution in [0.4, 0.5) is 5.69 Å². The van der Waals surface area contributed by atoms with Crippen LogP contribution in [0.1, 0.15) is 43.7 Å². The van der Waals surface area contributed by atoms with Gasteiger partial charge in [0, 0.05) is 11.6 Å². The summed E-state index contributed by atoms with van der Waals surface area (Å²) in [5.41, 5.74) is 9.90. The summed E-state index contributed by atoms with van der Waals surface area (Å²) in [5, 5.41) is 10.9. The van der Waals surface area contributed by atoms with E-state index in [2.05, 4.69) is 18.8 Å². The molecule has 0 spiro atoms. The highest BCUT2D eigenvalue weighted by Crippen LogP contribution is 2.39. The zero-order valence-electron chi connectivity index (χ0n) is 10.7. The van der Waals surface area contributed by atoms with Gasteiger partial charge in [0.2, 0.25) is 0 Å². The van der Waals surface area contributed by atoms with Crippen LogP contribution in [-0.4, -0.2) is 10.1 Å². The third-order valence-electron chi connectivity index (χ3n) is 3.61. The van der Waals surface area contributed by atoms with Crippen molar-refractivity contribution in [3.05, 3.63) is 23.4 Å². The molecule has 0 radical (unpaired) electrons. The minimum Gasteiger partial charge on any atom is -0.506 e. The second-order valence-electron chi connectivity index (χ2n) is 4.63. The molecule has 0 amide bonds. The van der Waals surface area contributed by atoms with Crippen molar-refractivity contribution in [3.63, 3.8) is 0 Å². The largest absolute Gasteiger partial charge is 0.506 e. The maximum Gasteiger partial charge on any atom is 0.139 e. The van der Waals surface area contributed by atoms with E-state index >= 15 is 0 Å². The molecule has 0 aliphatic rings. The van der Waals surface area contributed by atoms with Crippen LogP contribution in [0.15, 0.2) is 12.3 Å². The van der Waals surface area contributed by atoms with Crippen LogP contribution in [0.2, 0.25) is 0 Å². The number of phenols is 1. The number of anilines is 1. The van der Waals surface area contributed by atoms with Crippen LogP contribution in [0, 0.1) is 6.92 Å². The SMILES string of the molecule is CCC(CC)c1c(C)cc(O)c2[nH]cc(N)c12. The molecule has 0 atom stereocenters. The van der Waals surface area contributed by atoms with Gasteiger partial charge < -0.3 is 15.8 Å². The summed E-state index contributed by atoms with van der Waals surface area (Å²) in [5.74, 6) is 0.778. The third-order valence-corrected chi connectivity index (χ3v) is 3.61. The number of phenolic OH excluding ortho intramolecular Hbond substituents is 1. The number of rotatable bonds is 3. The highest BCUT2D eigenvalue weighted by molar-refractivity contribution is 5.98. The average molecular weight is 232 g/mol. The summed E-state index contributed by atoms with van der Waals surface area (Å²) in [4.78, 5) is 3.05. The minimum atomic E-state index is 0.281. The Morgan fingerprint density at radius 1 is 1.35 bits per heavy atom. The second-order valence-corrected chi connectivity index (χ2v) is 4.63. The molecule has 2 rings (SSSR count). The number of hydrogen-bond donors (Lipinski definition) is 3. The van der Waals surface area contributed by atoms with Gasteiger partial charge in [-0.2, -0.15) is 0 Å². The highest BCUT2D eigenvalue weighted by atomic mass is 16.3. The van der Waals surface area contributed by atoms with Crippen molar-refractivity contribution in [2.75, 3.05) is 5.73 Å². The van der Waals surface area contributed by atoms with E-state index in [0.29, 0.717) is 5.92 Å². The van der Waals surface area contributed by atoms with Gasteiger partial charge in [-0.3, -0.25) is 0 Å². The van der Waals surface area contributed by atoms with Gasteiger partial charge in [-0.1, -0.05) is 13.8 Å². The standard InChI is InChI=1S/C14H20N2O/c1-4-9(5-2)12-8(3)6-11(17)14-13(12)10(15)7-16-14/h6-7,9,16-17H,4-5,15H2,1-3H3. The van der Waals surface area contributed by atoms with Gasteiger partial charge in [0.1, 0.15) is 5.75 Å². The number of H-pyrrole nitrogens is 1. The molecule has 0 saturated carbocycles. The lowest BCUT2D eigenvalue weighted by Gasteiger charge is -2.18. The van der Waals surface area contributed by atoms with E-state index in [1.165, 1.54) is 5.56 Å². The molecule has 3 heteroatoms. The first-order chi connectivity index (χ1) is 8.10. The topological polar surface area (TPSA) is 62.0 Å². The lowest BCUT2D eigenvalue weighted by atomic mass is 9.87. The number of nitrogen functional groups attached to an aromatic ring is 1. The van der Waals surface area contributed by atoms with Crippen LogP contribution >= 0.6 is 0 Å². The van der Waals surface area contributed by atoms with Crippen molar-refractivity contribution >= 4 is 16.6 Å². The molecule has 1 aromatic carbocycles. The molecule has 17 heavy (non-hydrogen) atoms. The van der Waals surface area contributed by atoms with E-state index in [1.54, 1.807) is 6.20 Å². The first-order valence-electron chi connectivity index (χ1n) is 6.19. The van der Waals surface area contributed by atoms with E-state index in [-0.39, 0.29) is 5.75 Å². The molecular formula is C14H20N2O. The van der Waals surface area contributed by atoms with Crippen LogP contribution in [0.25, 0.3) is 10.9 Å². The number of aryl methyl sites for hydroxylation is 1. The Morgan fingerprint density at radius 2 is 2.00 bits per heavy atom. The molecule has 0 saturated heterocycles. The monoisotopic (exact) mass is 232 g/mol. The van der Waals surface area contributed by atoms with Gasteiger partial charge in [-0.05, 0) is 42.9 Å². The van der Waals surface area contributed by atoms with Crippen molar-refractivity contribution in [2.45, 2.75) is 39.5 Å². The molecule has 0 aliphatic carbocycles. The Balaban J connectivity index is 2.80. The fourth-order valence-electron chi connectivity index (χ4n) is 2.71. The first-order valence-corrected chi connectivity index (χ1v) is 6.19. The predicted octanol–water partition coefficient (Wildman–Crippen LogP) is 3.67. The summed E-state index contributed by atoms with van der Waals surface area (Å²) in [6.07, 6.45) is 3.93. The summed E-state index contributed by atoms with van der Waals surface area (Å²) in [6.45, 7) is 6.42. The maximum absolute atomic E-state index is 9.93. The molecule has 4 N–H and O–H groups in total. The predicted molar refractivity (Wildman–Crippen MR) is 72.4 cm³/mol. The number of aromatic hydroxyl groups is 1. The molecule has 1 aromatic heterocycles. The number of benzene rings is 1. The summed E-state index contributed by atoms with van der Waals surface area (Å²) in [7, 11) is 0. The number of aromatic nitrogens is 1. The zero-order valence-corrected chi connectivity index (χ0v) is 10.7. The van der Waals surface area contributed by atoms with E-state index in [4.69, 9.17) is 5.73 Å². The second kappa shape index (κ2) is 4.32. The maximum atomic E-state index is 9.93. The lowest BCUT2D eigenvalue weighted by Crippen LogP contribution is -2.00. The fraction of sp³-hybridized carbons (Fsp3) is 0.429. The summed E-state index contributed by atoms with van der Waals surface area (Å²) < 4.78 is 0. The molecule has 92 valence electrons. The summed E-state index contributed by atoms with van der Waals surface area (Å²) >= 11 is 0. The van der Waals surface area contributed by atoms with Crippen molar-refractivity contribution < 1.29 is 5.11 Å². The fourth-order valence-corrected chi connectivity index (χ4v) is 2.71. The Morgan fingerprint density at radius 3 is 2.59 bits per heavy atom. The van der Waals surface area contributed by atoms with Gasteiger partial charge in [-0.25, -0.2) is 0 Å². The van der Waals surface area contributed by atoms with Crippen LogP contribution < -0.4 is 5.73 Å². The molecule has 0 unspecified atom stereocenters. The molecule has 0 fully saturated rings. The van der Waals surface area contributed by atoms with E-state index < -0.39 is 0 Å². The van der Waals surface area contributed by atoms with Gasteiger partial charge in [0.25, 0.3) is 0 Å². The molecule has 0 aliphatic heterocycles. The molecule has 1 heterocycles. The van der Waals surface area contributed by atoms with Gasteiger partial charge in [0.15, 0.2) is 0 Å². The highest BCUT2D eigenvalue weighted by Gasteiger charge is 2.18. The van der Waals surface area contributed by atoms with Gasteiger partial charge in [-0.15, -0.1) is 0 Å². The Hall–Kier alpha value is -1.64. The van der Waals surface area contributed by atoms with Crippen molar-refractivity contribution in [2.24, 2.45) is 0 Å². The summed E-state index contributed by atoms with van der Waals surface area (Å²) in [6, 6.07) is 1.83. The molecule has 2 aromatic rings.